The Morgan fingerprint density at radius 1 is 1.33 bits per heavy atom. The van der Waals surface area contributed by atoms with Crippen LogP contribution in [-0.4, -0.2) is 12.6 Å². The van der Waals surface area contributed by atoms with E-state index in [0.717, 1.165) is 0 Å². The summed E-state index contributed by atoms with van der Waals surface area (Å²) in [4.78, 5) is 0. The summed E-state index contributed by atoms with van der Waals surface area (Å²) >= 11 is 0. The Balaban J connectivity index is 2.13. The maximum atomic E-state index is 5.59. The summed E-state index contributed by atoms with van der Waals surface area (Å²) in [7, 11) is 0. The maximum absolute atomic E-state index is 5.59. The first kappa shape index (κ1) is 10.7. The van der Waals surface area contributed by atoms with Crippen molar-refractivity contribution >= 4 is 0 Å². The van der Waals surface area contributed by atoms with Crippen molar-refractivity contribution in [3.8, 4) is 0 Å². The van der Waals surface area contributed by atoms with Crippen LogP contribution in [0.2, 0.25) is 0 Å². The van der Waals surface area contributed by atoms with E-state index >= 15 is 0 Å². The third-order valence-corrected chi connectivity index (χ3v) is 3.41. The molecule has 2 nitrogen and oxygen atoms in total. The van der Waals surface area contributed by atoms with Crippen molar-refractivity contribution in [2.75, 3.05) is 6.54 Å². The summed E-state index contributed by atoms with van der Waals surface area (Å²) < 4.78 is 0. The van der Waals surface area contributed by atoms with E-state index in [2.05, 4.69) is 36.5 Å². The average Bonchev–Trinajstić information content (AvgIpc) is 2.30. The predicted octanol–water partition coefficient (Wildman–Crippen LogP) is 2.00. The molecule has 82 valence electrons. The van der Waals surface area contributed by atoms with Crippen molar-refractivity contribution in [2.24, 2.45) is 5.73 Å². The molecule has 1 aromatic rings. The second-order valence-electron chi connectivity index (χ2n) is 4.44. The lowest BCUT2D eigenvalue weighted by Gasteiger charge is -2.30. The first-order valence-electron chi connectivity index (χ1n) is 5.83. The van der Waals surface area contributed by atoms with Crippen LogP contribution in [0.15, 0.2) is 24.3 Å². The standard InChI is InChI=1S/C13H20N2/c1-10-13(3-2-8-15-10)12-6-4-11(9-14)5-7-12/h4-7,10,13,15H,2-3,8-9,14H2,1H3. The van der Waals surface area contributed by atoms with Gasteiger partial charge in [-0.25, -0.2) is 0 Å². The van der Waals surface area contributed by atoms with Crippen LogP contribution in [0.3, 0.4) is 0 Å². The minimum absolute atomic E-state index is 0.600. The molecule has 2 heteroatoms. The first-order valence-corrected chi connectivity index (χ1v) is 5.83. The van der Waals surface area contributed by atoms with E-state index < -0.39 is 0 Å². The van der Waals surface area contributed by atoms with Crippen LogP contribution in [0.4, 0.5) is 0 Å². The fourth-order valence-electron chi connectivity index (χ4n) is 2.40. The molecule has 1 aliphatic rings. The van der Waals surface area contributed by atoms with Crippen molar-refractivity contribution in [3.05, 3.63) is 35.4 Å². The van der Waals surface area contributed by atoms with Crippen molar-refractivity contribution in [3.63, 3.8) is 0 Å². The summed E-state index contributed by atoms with van der Waals surface area (Å²) in [5.74, 6) is 0.672. The summed E-state index contributed by atoms with van der Waals surface area (Å²) in [5.41, 5.74) is 8.26. The third kappa shape index (κ3) is 2.39. The van der Waals surface area contributed by atoms with E-state index in [0.29, 0.717) is 18.5 Å². The third-order valence-electron chi connectivity index (χ3n) is 3.41. The number of nitrogens with one attached hydrogen (secondary N) is 1. The van der Waals surface area contributed by atoms with Crippen LogP contribution in [-0.2, 0) is 6.54 Å². The summed E-state index contributed by atoms with van der Waals surface area (Å²) in [5, 5.41) is 3.53. The zero-order valence-corrected chi connectivity index (χ0v) is 9.37. The van der Waals surface area contributed by atoms with Gasteiger partial charge in [0.15, 0.2) is 0 Å². The van der Waals surface area contributed by atoms with E-state index in [4.69, 9.17) is 5.73 Å². The van der Waals surface area contributed by atoms with E-state index in [1.165, 1.54) is 30.5 Å². The molecule has 0 bridgehead atoms. The fraction of sp³-hybridized carbons (Fsp3) is 0.538. The highest BCUT2D eigenvalue weighted by Gasteiger charge is 2.21. The molecule has 1 aromatic carbocycles. The summed E-state index contributed by atoms with van der Waals surface area (Å²) in [6.45, 7) is 4.08. The lowest BCUT2D eigenvalue weighted by Crippen LogP contribution is -2.37. The molecule has 0 spiro atoms. The highest BCUT2D eigenvalue weighted by atomic mass is 14.9. The van der Waals surface area contributed by atoms with E-state index in [1.54, 1.807) is 0 Å². The minimum Gasteiger partial charge on any atom is -0.326 e. The quantitative estimate of drug-likeness (QED) is 0.773. The van der Waals surface area contributed by atoms with Gasteiger partial charge in [0, 0.05) is 12.6 Å². The lowest BCUT2D eigenvalue weighted by atomic mass is 9.85. The molecule has 1 heterocycles. The molecule has 0 saturated carbocycles. The predicted molar refractivity (Wildman–Crippen MR) is 63.8 cm³/mol. The van der Waals surface area contributed by atoms with Crippen LogP contribution in [0.1, 0.15) is 36.8 Å². The monoisotopic (exact) mass is 204 g/mol. The second kappa shape index (κ2) is 4.77. The number of benzene rings is 1. The zero-order valence-electron chi connectivity index (χ0n) is 9.37. The number of rotatable bonds is 2. The molecule has 0 aromatic heterocycles. The topological polar surface area (TPSA) is 38.0 Å². The molecule has 0 radical (unpaired) electrons. The molecule has 1 saturated heterocycles. The minimum atomic E-state index is 0.600. The van der Waals surface area contributed by atoms with Crippen LogP contribution >= 0.6 is 0 Å². The van der Waals surface area contributed by atoms with Gasteiger partial charge in [-0.15, -0.1) is 0 Å². The van der Waals surface area contributed by atoms with Gasteiger partial charge in [0.2, 0.25) is 0 Å². The highest BCUT2D eigenvalue weighted by Crippen LogP contribution is 2.27. The molecule has 1 fully saturated rings. The Bertz CT molecular complexity index is 305. The first-order chi connectivity index (χ1) is 7.31. The van der Waals surface area contributed by atoms with Crippen LogP contribution in [0, 0.1) is 0 Å². The molecule has 0 amide bonds. The second-order valence-corrected chi connectivity index (χ2v) is 4.44. The van der Waals surface area contributed by atoms with Gasteiger partial charge in [0.25, 0.3) is 0 Å². The molecule has 1 aliphatic heterocycles. The molecule has 15 heavy (non-hydrogen) atoms. The Kier molecular flexibility index (Phi) is 3.39. The Morgan fingerprint density at radius 2 is 2.07 bits per heavy atom. The van der Waals surface area contributed by atoms with Gasteiger partial charge in [0.1, 0.15) is 0 Å². The number of nitrogens with two attached hydrogens (primary N) is 1. The molecule has 2 atom stereocenters. The number of piperidine rings is 1. The van der Waals surface area contributed by atoms with Gasteiger partial charge in [-0.1, -0.05) is 24.3 Å². The summed E-state index contributed by atoms with van der Waals surface area (Å²) in [6, 6.07) is 9.36. The van der Waals surface area contributed by atoms with Gasteiger partial charge in [-0.3, -0.25) is 0 Å². The van der Waals surface area contributed by atoms with Crippen molar-refractivity contribution in [1.82, 2.24) is 5.32 Å². The van der Waals surface area contributed by atoms with Crippen LogP contribution in [0.5, 0.6) is 0 Å². The number of hydrogen-bond acceptors (Lipinski definition) is 2. The molecule has 2 rings (SSSR count). The van der Waals surface area contributed by atoms with Crippen molar-refractivity contribution < 1.29 is 0 Å². The van der Waals surface area contributed by atoms with Gasteiger partial charge in [-0.2, -0.15) is 0 Å². The molecule has 0 aliphatic carbocycles. The van der Waals surface area contributed by atoms with Gasteiger partial charge < -0.3 is 11.1 Å². The van der Waals surface area contributed by atoms with Crippen molar-refractivity contribution in [2.45, 2.75) is 38.3 Å². The normalized spacial score (nSPS) is 26.5. The smallest absolute Gasteiger partial charge is 0.0178 e. The van der Waals surface area contributed by atoms with Gasteiger partial charge >= 0.3 is 0 Å². The Labute approximate surface area is 91.9 Å². The van der Waals surface area contributed by atoms with Crippen molar-refractivity contribution in [1.29, 1.82) is 0 Å². The zero-order chi connectivity index (χ0) is 10.7. The lowest BCUT2D eigenvalue weighted by molar-refractivity contribution is 0.371. The van der Waals surface area contributed by atoms with Crippen LogP contribution < -0.4 is 11.1 Å². The fourth-order valence-corrected chi connectivity index (χ4v) is 2.40. The maximum Gasteiger partial charge on any atom is 0.0178 e. The Morgan fingerprint density at radius 3 is 2.67 bits per heavy atom. The highest BCUT2D eigenvalue weighted by molar-refractivity contribution is 5.26. The molecular weight excluding hydrogens is 184 g/mol. The van der Waals surface area contributed by atoms with E-state index in [9.17, 15) is 0 Å². The molecule has 3 N–H and O–H groups in total. The van der Waals surface area contributed by atoms with E-state index in [-0.39, 0.29) is 0 Å². The van der Waals surface area contributed by atoms with Gasteiger partial charge in [0.05, 0.1) is 0 Å². The number of hydrogen-bond donors (Lipinski definition) is 2. The van der Waals surface area contributed by atoms with Crippen LogP contribution in [0.25, 0.3) is 0 Å². The van der Waals surface area contributed by atoms with Gasteiger partial charge in [-0.05, 0) is 43.4 Å². The summed E-state index contributed by atoms with van der Waals surface area (Å²) in [6.07, 6.45) is 2.59. The van der Waals surface area contributed by atoms with E-state index in [1.807, 2.05) is 0 Å². The molecule has 2 unspecified atom stereocenters. The average molecular weight is 204 g/mol. The molecular formula is C13H20N2. The largest absolute Gasteiger partial charge is 0.326 e. The Hall–Kier alpha value is -0.860. The SMILES string of the molecule is CC1NCCCC1c1ccc(CN)cc1.